The molecule has 2 aromatic rings. The maximum atomic E-state index is 9.58. The highest BCUT2D eigenvalue weighted by Crippen LogP contribution is 2.53. The molecule has 1 heterocycles. The standard InChI is InChI=1S/C15H15Cl2N5O2/c16-12-9(24-7-10-18-21-22-19-10)5-8-6-15(3-1-2-4-15)14(20-23)11(8)13(12)17/h5,23H,1-4,6-7H2,(H,18,19,21,22). The molecule has 126 valence electrons. The topological polar surface area (TPSA) is 96.3 Å². The van der Waals surface area contributed by atoms with Gasteiger partial charge in [-0.2, -0.15) is 0 Å². The van der Waals surface area contributed by atoms with Crippen LogP contribution in [0.4, 0.5) is 0 Å². The van der Waals surface area contributed by atoms with Gasteiger partial charge in [0.05, 0.1) is 10.7 Å². The summed E-state index contributed by atoms with van der Waals surface area (Å²) in [5.74, 6) is 0.969. The molecule has 0 unspecified atom stereocenters. The van der Waals surface area contributed by atoms with Crippen molar-refractivity contribution in [3.63, 3.8) is 0 Å². The van der Waals surface area contributed by atoms with Crippen molar-refractivity contribution in [3.8, 4) is 5.75 Å². The summed E-state index contributed by atoms with van der Waals surface area (Å²) in [5.41, 5.74) is 2.29. The maximum Gasteiger partial charge on any atom is 0.186 e. The minimum atomic E-state index is -0.127. The average molecular weight is 368 g/mol. The van der Waals surface area contributed by atoms with Crippen LogP contribution in [-0.2, 0) is 13.0 Å². The van der Waals surface area contributed by atoms with Crippen molar-refractivity contribution >= 4 is 28.9 Å². The molecule has 1 saturated carbocycles. The largest absolute Gasteiger partial charge is 0.484 e. The van der Waals surface area contributed by atoms with Gasteiger partial charge in [-0.15, -0.1) is 5.10 Å². The molecule has 0 amide bonds. The normalized spacial score (nSPS) is 20.0. The van der Waals surface area contributed by atoms with Gasteiger partial charge >= 0.3 is 0 Å². The molecule has 2 aliphatic carbocycles. The number of aromatic amines is 1. The predicted molar refractivity (Wildman–Crippen MR) is 87.9 cm³/mol. The van der Waals surface area contributed by atoms with E-state index in [-0.39, 0.29) is 12.0 Å². The van der Waals surface area contributed by atoms with Crippen molar-refractivity contribution < 1.29 is 9.94 Å². The number of hydrogen-bond acceptors (Lipinski definition) is 6. The number of benzene rings is 1. The lowest BCUT2D eigenvalue weighted by atomic mass is 9.81. The fourth-order valence-electron chi connectivity index (χ4n) is 3.87. The van der Waals surface area contributed by atoms with Gasteiger partial charge in [-0.25, -0.2) is 5.10 Å². The molecule has 1 spiro atoms. The number of nitrogens with one attached hydrogen (secondary N) is 1. The van der Waals surface area contributed by atoms with E-state index in [4.69, 9.17) is 27.9 Å². The molecule has 9 heteroatoms. The van der Waals surface area contributed by atoms with Gasteiger partial charge in [0, 0.05) is 11.0 Å². The molecule has 0 atom stereocenters. The van der Waals surface area contributed by atoms with Crippen molar-refractivity contribution in [1.82, 2.24) is 20.6 Å². The van der Waals surface area contributed by atoms with E-state index in [1.54, 1.807) is 0 Å². The summed E-state index contributed by atoms with van der Waals surface area (Å²) in [7, 11) is 0. The number of aromatic nitrogens is 4. The molecule has 24 heavy (non-hydrogen) atoms. The Kier molecular flexibility index (Phi) is 3.85. The van der Waals surface area contributed by atoms with Gasteiger partial charge in [-0.3, -0.25) is 0 Å². The van der Waals surface area contributed by atoms with Gasteiger partial charge in [-0.1, -0.05) is 41.2 Å². The van der Waals surface area contributed by atoms with E-state index in [1.165, 1.54) is 0 Å². The molecule has 0 radical (unpaired) electrons. The Morgan fingerprint density at radius 2 is 2.08 bits per heavy atom. The number of hydrogen-bond donors (Lipinski definition) is 2. The van der Waals surface area contributed by atoms with Crippen molar-refractivity contribution in [1.29, 1.82) is 0 Å². The lowest BCUT2D eigenvalue weighted by molar-refractivity contribution is 0.295. The highest BCUT2D eigenvalue weighted by atomic mass is 35.5. The van der Waals surface area contributed by atoms with Gasteiger partial charge in [0.15, 0.2) is 5.82 Å². The lowest BCUT2D eigenvalue weighted by Gasteiger charge is -2.22. The van der Waals surface area contributed by atoms with Gasteiger partial charge in [0.25, 0.3) is 0 Å². The van der Waals surface area contributed by atoms with Crippen LogP contribution in [0.3, 0.4) is 0 Å². The first-order valence-corrected chi connectivity index (χ1v) is 8.49. The number of H-pyrrole nitrogens is 1. The SMILES string of the molecule is ON=C1c2c(cc(OCc3nnn[nH]3)c(Cl)c2Cl)CC12CCCC2. The molecule has 1 aromatic carbocycles. The van der Waals surface area contributed by atoms with Crippen molar-refractivity contribution in [2.24, 2.45) is 10.6 Å². The second-order valence-electron chi connectivity index (χ2n) is 6.29. The number of halogens is 2. The molecule has 0 aliphatic heterocycles. The molecule has 2 aliphatic rings. The zero-order valence-electron chi connectivity index (χ0n) is 12.7. The number of ether oxygens (including phenoxy) is 1. The minimum absolute atomic E-state index is 0.127. The minimum Gasteiger partial charge on any atom is -0.484 e. The first-order chi connectivity index (χ1) is 11.6. The summed E-state index contributed by atoms with van der Waals surface area (Å²) in [5, 5.41) is 27.2. The molecule has 7 nitrogen and oxygen atoms in total. The number of nitrogens with zero attached hydrogens (tertiary/aromatic N) is 4. The van der Waals surface area contributed by atoms with Gasteiger partial charge in [-0.05, 0) is 41.3 Å². The summed E-state index contributed by atoms with van der Waals surface area (Å²) >= 11 is 12.9. The molecular weight excluding hydrogens is 353 g/mol. The number of fused-ring (bicyclic) bond motifs is 1. The van der Waals surface area contributed by atoms with Crippen LogP contribution in [0.15, 0.2) is 11.2 Å². The van der Waals surface area contributed by atoms with Crippen LogP contribution >= 0.6 is 23.2 Å². The van der Waals surface area contributed by atoms with E-state index in [1.807, 2.05) is 6.07 Å². The average Bonchev–Trinajstić information content (AvgIpc) is 3.30. The van der Waals surface area contributed by atoms with Crippen molar-refractivity contribution in [2.75, 3.05) is 0 Å². The van der Waals surface area contributed by atoms with E-state index in [0.717, 1.165) is 43.2 Å². The molecule has 1 fully saturated rings. The smallest absolute Gasteiger partial charge is 0.186 e. The highest BCUT2D eigenvalue weighted by molar-refractivity contribution is 6.45. The van der Waals surface area contributed by atoms with Crippen LogP contribution in [0.5, 0.6) is 5.75 Å². The van der Waals surface area contributed by atoms with Crippen LogP contribution in [0, 0.1) is 5.41 Å². The predicted octanol–water partition coefficient (Wildman–Crippen LogP) is 3.38. The summed E-state index contributed by atoms with van der Waals surface area (Å²) in [6.07, 6.45) is 5.03. The van der Waals surface area contributed by atoms with Gasteiger partial charge in [0.2, 0.25) is 0 Å². The molecule has 2 N–H and O–H groups in total. The molecular formula is C15H15Cl2N5O2. The Balaban J connectivity index is 1.71. The summed E-state index contributed by atoms with van der Waals surface area (Å²) in [4.78, 5) is 0. The van der Waals surface area contributed by atoms with E-state index in [2.05, 4.69) is 25.8 Å². The van der Waals surface area contributed by atoms with Crippen LogP contribution < -0.4 is 4.74 Å². The number of tetrazole rings is 1. The number of oxime groups is 1. The first-order valence-electron chi connectivity index (χ1n) is 7.74. The highest BCUT2D eigenvalue weighted by Gasteiger charge is 2.47. The quantitative estimate of drug-likeness (QED) is 0.640. The summed E-state index contributed by atoms with van der Waals surface area (Å²) in [6.45, 7) is 0.161. The molecule has 0 saturated heterocycles. The van der Waals surface area contributed by atoms with E-state index < -0.39 is 0 Å². The van der Waals surface area contributed by atoms with Crippen molar-refractivity contribution in [2.45, 2.75) is 38.7 Å². The Bertz CT molecular complexity index is 801. The fraction of sp³-hybridized carbons (Fsp3) is 0.467. The molecule has 1 aromatic heterocycles. The number of rotatable bonds is 3. The summed E-state index contributed by atoms with van der Waals surface area (Å²) < 4.78 is 5.71. The third kappa shape index (κ3) is 2.34. The van der Waals surface area contributed by atoms with Crippen molar-refractivity contribution in [3.05, 3.63) is 33.1 Å². The lowest BCUT2D eigenvalue weighted by Crippen LogP contribution is -2.25. The van der Waals surface area contributed by atoms with Gasteiger partial charge < -0.3 is 9.94 Å². The third-order valence-electron chi connectivity index (χ3n) is 4.94. The van der Waals surface area contributed by atoms with E-state index >= 15 is 0 Å². The molecule has 0 bridgehead atoms. The first kappa shape index (κ1) is 15.7. The fourth-order valence-corrected chi connectivity index (χ4v) is 4.38. The molecule has 4 rings (SSSR count). The van der Waals surface area contributed by atoms with Crippen LogP contribution in [0.1, 0.15) is 42.6 Å². The summed E-state index contributed by atoms with van der Waals surface area (Å²) in [6, 6.07) is 1.88. The zero-order chi connectivity index (χ0) is 16.7. The Labute approximate surface area is 148 Å². The van der Waals surface area contributed by atoms with Crippen LogP contribution in [0.2, 0.25) is 10.0 Å². The maximum absolute atomic E-state index is 9.58. The Morgan fingerprint density at radius 3 is 2.75 bits per heavy atom. The second-order valence-corrected chi connectivity index (χ2v) is 7.04. The third-order valence-corrected chi connectivity index (χ3v) is 5.79. The van der Waals surface area contributed by atoms with Crippen LogP contribution in [0.25, 0.3) is 0 Å². The van der Waals surface area contributed by atoms with Crippen LogP contribution in [-0.4, -0.2) is 31.5 Å². The second kappa shape index (κ2) is 5.89. The van der Waals surface area contributed by atoms with E-state index in [9.17, 15) is 5.21 Å². The Hall–Kier alpha value is -1.86. The zero-order valence-corrected chi connectivity index (χ0v) is 14.2. The monoisotopic (exact) mass is 367 g/mol. The van der Waals surface area contributed by atoms with Gasteiger partial charge in [0.1, 0.15) is 17.4 Å². The van der Waals surface area contributed by atoms with E-state index in [0.29, 0.717) is 27.3 Å². The Morgan fingerprint density at radius 1 is 1.29 bits per heavy atom.